The maximum Gasteiger partial charge on any atom is 0.411 e. The Morgan fingerprint density at radius 2 is 1.53 bits per heavy atom. The van der Waals surface area contributed by atoms with Crippen LogP contribution in [-0.2, 0) is 4.74 Å². The van der Waals surface area contributed by atoms with Gasteiger partial charge in [0.05, 0.1) is 11.3 Å². The zero-order valence-electron chi connectivity index (χ0n) is 18.2. The Hall–Kier alpha value is -3.80. The van der Waals surface area contributed by atoms with Gasteiger partial charge in [0.2, 0.25) is 0 Å². The van der Waals surface area contributed by atoms with Crippen molar-refractivity contribution < 1.29 is 24.2 Å². The van der Waals surface area contributed by atoms with Crippen molar-refractivity contribution in [3.63, 3.8) is 0 Å². The van der Waals surface area contributed by atoms with Crippen LogP contribution in [0.2, 0.25) is 0 Å². The van der Waals surface area contributed by atoms with E-state index in [2.05, 4.69) is 29.6 Å². The van der Waals surface area contributed by atoms with E-state index in [-0.39, 0.29) is 23.8 Å². The van der Waals surface area contributed by atoms with Gasteiger partial charge in [-0.15, -0.1) is 0 Å². The average Bonchev–Trinajstić information content (AvgIpc) is 3.06. The lowest BCUT2D eigenvalue weighted by molar-refractivity contribution is 0.0694. The molecule has 6 heteroatoms. The van der Waals surface area contributed by atoms with Gasteiger partial charge in [0.15, 0.2) is 0 Å². The number of fused-ring (bicyclic) bond motifs is 3. The van der Waals surface area contributed by atoms with E-state index in [1.54, 1.807) is 0 Å². The number of aromatic carboxylic acids is 1. The van der Waals surface area contributed by atoms with Gasteiger partial charge in [0.25, 0.3) is 0 Å². The number of amides is 1. The fourth-order valence-electron chi connectivity index (χ4n) is 3.92. The van der Waals surface area contributed by atoms with E-state index in [9.17, 15) is 14.7 Å². The maximum absolute atomic E-state index is 12.6. The van der Waals surface area contributed by atoms with Crippen LogP contribution in [0, 0.1) is 0 Å². The molecule has 0 aromatic heterocycles. The number of nitrogens with one attached hydrogen (secondary N) is 1. The smallest absolute Gasteiger partial charge is 0.411 e. The Morgan fingerprint density at radius 1 is 0.938 bits per heavy atom. The van der Waals surface area contributed by atoms with Crippen LogP contribution in [0.3, 0.4) is 0 Å². The van der Waals surface area contributed by atoms with Gasteiger partial charge in [0.1, 0.15) is 18.0 Å². The highest BCUT2D eigenvalue weighted by atomic mass is 16.5. The monoisotopic (exact) mass is 431 g/mol. The molecule has 1 aliphatic carbocycles. The molecule has 4 rings (SSSR count). The van der Waals surface area contributed by atoms with Crippen molar-refractivity contribution in [1.29, 1.82) is 0 Å². The lowest BCUT2D eigenvalue weighted by Gasteiger charge is -2.23. The van der Waals surface area contributed by atoms with E-state index in [1.807, 2.05) is 45.0 Å². The summed E-state index contributed by atoms with van der Waals surface area (Å²) in [6.45, 7) is 5.72. The summed E-state index contributed by atoms with van der Waals surface area (Å²) < 4.78 is 11.4. The van der Waals surface area contributed by atoms with Crippen molar-refractivity contribution in [2.24, 2.45) is 0 Å². The van der Waals surface area contributed by atoms with Gasteiger partial charge >= 0.3 is 12.1 Å². The van der Waals surface area contributed by atoms with E-state index in [0.717, 1.165) is 22.3 Å². The minimum absolute atomic E-state index is 0.0483. The highest BCUT2D eigenvalue weighted by Gasteiger charge is 2.29. The number of ether oxygens (including phenoxy) is 2. The van der Waals surface area contributed by atoms with Gasteiger partial charge in [-0.2, -0.15) is 0 Å². The van der Waals surface area contributed by atoms with Gasteiger partial charge in [0, 0.05) is 5.92 Å². The molecule has 0 spiro atoms. The van der Waals surface area contributed by atoms with Gasteiger partial charge in [-0.25, -0.2) is 9.59 Å². The highest BCUT2D eigenvalue weighted by molar-refractivity contribution is 5.92. The third-order valence-electron chi connectivity index (χ3n) is 5.23. The molecule has 3 aromatic rings. The molecule has 32 heavy (non-hydrogen) atoms. The standard InChI is InChI=1S/C26H25NO5/c1-26(2,3)32-23-14-16(24(28)29)12-13-22(23)27-25(30)31-15-21-19-10-6-4-8-17(19)18-9-5-7-11-20(18)21/h4-14,21H,15H2,1-3H3,(H,27,30)(H,28,29). The number of anilines is 1. The van der Waals surface area contributed by atoms with Crippen LogP contribution in [0.25, 0.3) is 11.1 Å². The number of carbonyl (C=O) groups is 2. The van der Waals surface area contributed by atoms with Crippen molar-refractivity contribution >= 4 is 17.7 Å². The Balaban J connectivity index is 1.51. The summed E-state index contributed by atoms with van der Waals surface area (Å²) >= 11 is 0. The molecule has 2 N–H and O–H groups in total. The normalized spacial score (nSPS) is 12.6. The Kier molecular flexibility index (Phi) is 5.61. The molecule has 0 radical (unpaired) electrons. The van der Waals surface area contributed by atoms with Crippen LogP contribution < -0.4 is 10.1 Å². The fourth-order valence-corrected chi connectivity index (χ4v) is 3.92. The summed E-state index contributed by atoms with van der Waals surface area (Å²) in [5.41, 5.74) is 4.41. The average molecular weight is 431 g/mol. The second-order valence-electron chi connectivity index (χ2n) is 8.68. The van der Waals surface area contributed by atoms with Gasteiger partial charge in [-0.1, -0.05) is 48.5 Å². The SMILES string of the molecule is CC(C)(C)Oc1cc(C(=O)O)ccc1NC(=O)OCC1c2ccccc2-c2ccccc21. The van der Waals surface area contributed by atoms with Crippen LogP contribution in [-0.4, -0.2) is 29.4 Å². The van der Waals surface area contributed by atoms with Crippen LogP contribution >= 0.6 is 0 Å². The molecule has 164 valence electrons. The molecule has 6 nitrogen and oxygen atoms in total. The Labute approximate surface area is 186 Å². The number of carboxylic acids is 1. The molecular weight excluding hydrogens is 406 g/mol. The second kappa shape index (κ2) is 8.38. The van der Waals surface area contributed by atoms with Gasteiger partial charge < -0.3 is 14.6 Å². The predicted octanol–water partition coefficient (Wildman–Crippen LogP) is 5.92. The van der Waals surface area contributed by atoms with Crippen molar-refractivity contribution in [3.05, 3.63) is 83.4 Å². The van der Waals surface area contributed by atoms with E-state index < -0.39 is 17.7 Å². The minimum atomic E-state index is -1.07. The summed E-state index contributed by atoms with van der Waals surface area (Å²) in [7, 11) is 0. The first-order chi connectivity index (χ1) is 15.2. The highest BCUT2D eigenvalue weighted by Crippen LogP contribution is 2.44. The van der Waals surface area contributed by atoms with E-state index in [0.29, 0.717) is 5.69 Å². The zero-order valence-corrected chi connectivity index (χ0v) is 18.2. The molecule has 0 saturated carbocycles. The first-order valence-corrected chi connectivity index (χ1v) is 10.4. The van der Waals surface area contributed by atoms with Crippen molar-refractivity contribution in [2.75, 3.05) is 11.9 Å². The van der Waals surface area contributed by atoms with E-state index in [1.165, 1.54) is 18.2 Å². The zero-order chi connectivity index (χ0) is 22.9. The summed E-state index contributed by atoms with van der Waals surface area (Å²) in [6, 6.07) is 20.6. The van der Waals surface area contributed by atoms with Crippen LogP contribution in [0.5, 0.6) is 5.75 Å². The quantitative estimate of drug-likeness (QED) is 0.524. The molecule has 3 aromatic carbocycles. The van der Waals surface area contributed by atoms with Gasteiger partial charge in [-0.3, -0.25) is 5.32 Å². The van der Waals surface area contributed by atoms with E-state index >= 15 is 0 Å². The number of carboxylic acid groups (broad SMARTS) is 1. The maximum atomic E-state index is 12.6. The third kappa shape index (κ3) is 4.44. The molecule has 1 amide bonds. The fraction of sp³-hybridized carbons (Fsp3) is 0.231. The van der Waals surface area contributed by atoms with Crippen LogP contribution in [0.1, 0.15) is 48.2 Å². The summed E-state index contributed by atoms with van der Waals surface area (Å²) in [5, 5.41) is 12.0. The minimum Gasteiger partial charge on any atom is -0.486 e. The van der Waals surface area contributed by atoms with Gasteiger partial charge in [-0.05, 0) is 61.2 Å². The molecule has 0 saturated heterocycles. The molecular formula is C26H25NO5. The first-order valence-electron chi connectivity index (χ1n) is 10.4. The number of carbonyl (C=O) groups excluding carboxylic acids is 1. The topological polar surface area (TPSA) is 84.9 Å². The summed E-state index contributed by atoms with van der Waals surface area (Å²) in [5.74, 6) is -0.852. The molecule has 0 fully saturated rings. The molecule has 0 heterocycles. The second-order valence-corrected chi connectivity index (χ2v) is 8.68. The first kappa shape index (κ1) is 21.4. The molecule has 0 unspecified atom stereocenters. The van der Waals surface area contributed by atoms with Crippen molar-refractivity contribution in [2.45, 2.75) is 32.3 Å². The number of hydrogen-bond acceptors (Lipinski definition) is 4. The van der Waals surface area contributed by atoms with Crippen LogP contribution in [0.15, 0.2) is 66.7 Å². The van der Waals surface area contributed by atoms with Crippen molar-refractivity contribution in [1.82, 2.24) is 0 Å². The summed E-state index contributed by atoms with van der Waals surface area (Å²) in [4.78, 5) is 24.0. The van der Waals surface area contributed by atoms with Crippen LogP contribution in [0.4, 0.5) is 10.5 Å². The van der Waals surface area contributed by atoms with E-state index in [4.69, 9.17) is 9.47 Å². The number of benzene rings is 3. The number of hydrogen-bond donors (Lipinski definition) is 2. The lowest BCUT2D eigenvalue weighted by atomic mass is 9.98. The lowest BCUT2D eigenvalue weighted by Crippen LogP contribution is -2.25. The molecule has 0 aliphatic heterocycles. The largest absolute Gasteiger partial charge is 0.486 e. The predicted molar refractivity (Wildman–Crippen MR) is 122 cm³/mol. The van der Waals surface area contributed by atoms with Crippen molar-refractivity contribution in [3.8, 4) is 16.9 Å². The Bertz CT molecular complexity index is 1130. The third-order valence-corrected chi connectivity index (χ3v) is 5.23. The number of rotatable bonds is 5. The summed E-state index contributed by atoms with van der Waals surface area (Å²) in [6.07, 6.45) is -0.631. The molecule has 0 atom stereocenters. The molecule has 1 aliphatic rings. The molecule has 0 bridgehead atoms. The Morgan fingerprint density at radius 3 is 2.09 bits per heavy atom.